The average Bonchev–Trinajstić information content (AvgIpc) is 2.86. The van der Waals surface area contributed by atoms with E-state index in [1.165, 1.54) is 0 Å². The molecule has 0 saturated carbocycles. The predicted octanol–water partition coefficient (Wildman–Crippen LogP) is 2.05. The highest BCUT2D eigenvalue weighted by Gasteiger charge is 2.15. The molecule has 6 heteroatoms. The molecule has 2 aromatic heterocycles. The van der Waals surface area contributed by atoms with Gasteiger partial charge in [0, 0.05) is 6.54 Å². The number of nitrogens with zero attached hydrogens (tertiary/aromatic N) is 2. The number of nitrogens with one attached hydrogen (secondary N) is 1. The standard InChI is InChI=1S/C11H11BrN4O/c1-17-8-4-2-3-7-9(8)15-11-14-6(5-13)10(12)16(7)11/h2-4H,5,13H2,1H3,(H,14,15). The molecule has 17 heavy (non-hydrogen) atoms. The van der Waals surface area contributed by atoms with Gasteiger partial charge in [0.25, 0.3) is 0 Å². The summed E-state index contributed by atoms with van der Waals surface area (Å²) in [5.41, 5.74) is 8.40. The monoisotopic (exact) mass is 294 g/mol. The fourth-order valence-corrected chi connectivity index (χ4v) is 2.60. The third-order valence-electron chi connectivity index (χ3n) is 2.78. The smallest absolute Gasteiger partial charge is 0.213 e. The molecule has 0 aliphatic carbocycles. The normalized spacial score (nSPS) is 11.5. The largest absolute Gasteiger partial charge is 0.494 e. The van der Waals surface area contributed by atoms with Gasteiger partial charge in [-0.05, 0) is 28.1 Å². The lowest BCUT2D eigenvalue weighted by atomic mass is 10.3. The number of fused-ring (bicyclic) bond motifs is 3. The zero-order valence-electron chi connectivity index (χ0n) is 9.20. The van der Waals surface area contributed by atoms with E-state index in [-0.39, 0.29) is 0 Å². The number of aromatic amines is 1. The minimum atomic E-state index is 0.440. The number of methoxy groups -OCH3 is 1. The summed E-state index contributed by atoms with van der Waals surface area (Å²) in [6, 6.07) is 5.83. The maximum Gasteiger partial charge on any atom is 0.213 e. The predicted molar refractivity (Wildman–Crippen MR) is 69.2 cm³/mol. The molecule has 1 aromatic carbocycles. The van der Waals surface area contributed by atoms with Gasteiger partial charge in [-0.15, -0.1) is 0 Å². The first-order valence-corrected chi connectivity index (χ1v) is 5.97. The van der Waals surface area contributed by atoms with Crippen LogP contribution < -0.4 is 10.5 Å². The molecular formula is C11H11BrN4O. The molecule has 5 nitrogen and oxygen atoms in total. The third kappa shape index (κ3) is 1.37. The Labute approximate surface area is 106 Å². The van der Waals surface area contributed by atoms with Crippen molar-refractivity contribution in [1.82, 2.24) is 14.4 Å². The summed E-state index contributed by atoms with van der Waals surface area (Å²) in [5, 5.41) is 0. The van der Waals surface area contributed by atoms with Crippen LogP contribution in [-0.2, 0) is 6.54 Å². The van der Waals surface area contributed by atoms with Gasteiger partial charge < -0.3 is 15.5 Å². The first kappa shape index (κ1) is 10.6. The number of para-hydroxylation sites is 1. The molecule has 0 amide bonds. The van der Waals surface area contributed by atoms with Gasteiger partial charge >= 0.3 is 0 Å². The molecule has 0 saturated heterocycles. The van der Waals surface area contributed by atoms with E-state index in [0.29, 0.717) is 6.54 Å². The van der Waals surface area contributed by atoms with Crippen LogP contribution in [0.2, 0.25) is 0 Å². The first-order chi connectivity index (χ1) is 8.26. The topological polar surface area (TPSA) is 68.3 Å². The van der Waals surface area contributed by atoms with Gasteiger partial charge in [0.15, 0.2) is 0 Å². The maximum absolute atomic E-state index is 5.65. The Balaban J connectivity index is 2.45. The van der Waals surface area contributed by atoms with Crippen LogP contribution in [0.15, 0.2) is 22.8 Å². The number of H-pyrrole nitrogens is 1. The van der Waals surface area contributed by atoms with Crippen LogP contribution in [-0.4, -0.2) is 21.5 Å². The van der Waals surface area contributed by atoms with Crippen LogP contribution in [0.5, 0.6) is 5.75 Å². The molecular weight excluding hydrogens is 284 g/mol. The Morgan fingerprint density at radius 2 is 2.35 bits per heavy atom. The van der Waals surface area contributed by atoms with Gasteiger partial charge in [-0.3, -0.25) is 4.40 Å². The summed E-state index contributed by atoms with van der Waals surface area (Å²) in [5.74, 6) is 1.53. The molecule has 0 aliphatic heterocycles. The Kier molecular flexibility index (Phi) is 2.34. The number of imidazole rings is 2. The number of halogens is 1. The minimum absolute atomic E-state index is 0.440. The fourth-order valence-electron chi connectivity index (χ4n) is 1.98. The van der Waals surface area contributed by atoms with Crippen molar-refractivity contribution >= 4 is 32.7 Å². The lowest BCUT2D eigenvalue weighted by Gasteiger charge is -2.00. The van der Waals surface area contributed by atoms with E-state index in [1.807, 2.05) is 22.6 Å². The fraction of sp³-hybridized carbons (Fsp3) is 0.182. The van der Waals surface area contributed by atoms with Crippen LogP contribution in [0.3, 0.4) is 0 Å². The van der Waals surface area contributed by atoms with E-state index in [1.54, 1.807) is 7.11 Å². The summed E-state index contributed by atoms with van der Waals surface area (Å²) < 4.78 is 8.19. The van der Waals surface area contributed by atoms with Crippen molar-refractivity contribution in [3.05, 3.63) is 28.5 Å². The maximum atomic E-state index is 5.65. The summed E-state index contributed by atoms with van der Waals surface area (Å²) >= 11 is 3.53. The van der Waals surface area contributed by atoms with Gasteiger partial charge in [-0.25, -0.2) is 4.98 Å². The van der Waals surface area contributed by atoms with E-state index < -0.39 is 0 Å². The van der Waals surface area contributed by atoms with E-state index in [0.717, 1.165) is 32.9 Å². The van der Waals surface area contributed by atoms with Crippen molar-refractivity contribution in [1.29, 1.82) is 0 Å². The van der Waals surface area contributed by atoms with E-state index in [4.69, 9.17) is 10.5 Å². The summed E-state index contributed by atoms with van der Waals surface area (Å²) in [6.45, 7) is 0.440. The Morgan fingerprint density at radius 3 is 3.06 bits per heavy atom. The van der Waals surface area contributed by atoms with Gasteiger partial charge in [0.2, 0.25) is 5.78 Å². The van der Waals surface area contributed by atoms with Crippen molar-refractivity contribution in [2.45, 2.75) is 6.54 Å². The van der Waals surface area contributed by atoms with Crippen LogP contribution in [0.1, 0.15) is 5.69 Å². The summed E-state index contributed by atoms with van der Waals surface area (Å²) in [7, 11) is 1.64. The molecule has 0 fully saturated rings. The molecule has 0 bridgehead atoms. The van der Waals surface area contributed by atoms with E-state index >= 15 is 0 Å². The van der Waals surface area contributed by atoms with Crippen molar-refractivity contribution < 1.29 is 4.74 Å². The van der Waals surface area contributed by atoms with Crippen molar-refractivity contribution in [2.24, 2.45) is 5.73 Å². The van der Waals surface area contributed by atoms with Crippen molar-refractivity contribution in [2.75, 3.05) is 7.11 Å². The lowest BCUT2D eigenvalue weighted by molar-refractivity contribution is 0.419. The molecule has 0 spiro atoms. The highest BCUT2D eigenvalue weighted by Crippen LogP contribution is 2.29. The van der Waals surface area contributed by atoms with Crippen LogP contribution in [0, 0.1) is 0 Å². The Bertz CT molecular complexity index is 700. The van der Waals surface area contributed by atoms with Gasteiger partial charge in [0.05, 0.1) is 18.3 Å². The highest BCUT2D eigenvalue weighted by atomic mass is 79.9. The second-order valence-corrected chi connectivity index (χ2v) is 4.45. The number of nitrogens with two attached hydrogens (primary N) is 1. The first-order valence-electron chi connectivity index (χ1n) is 5.18. The Hall–Kier alpha value is -1.53. The van der Waals surface area contributed by atoms with Gasteiger partial charge in [-0.2, -0.15) is 0 Å². The molecule has 0 atom stereocenters. The number of rotatable bonds is 2. The average molecular weight is 295 g/mol. The van der Waals surface area contributed by atoms with Crippen LogP contribution in [0.4, 0.5) is 0 Å². The molecule has 0 radical (unpaired) electrons. The molecule has 2 heterocycles. The molecule has 0 unspecified atom stereocenters. The highest BCUT2D eigenvalue weighted by molar-refractivity contribution is 9.10. The van der Waals surface area contributed by atoms with Gasteiger partial charge in [-0.1, -0.05) is 6.07 Å². The number of ether oxygens (including phenoxy) is 1. The van der Waals surface area contributed by atoms with Crippen molar-refractivity contribution in [3.8, 4) is 5.75 Å². The number of benzene rings is 1. The molecule has 88 valence electrons. The third-order valence-corrected chi connectivity index (χ3v) is 3.61. The molecule has 3 aromatic rings. The Morgan fingerprint density at radius 1 is 1.53 bits per heavy atom. The second-order valence-electron chi connectivity index (χ2n) is 3.70. The summed E-state index contributed by atoms with van der Waals surface area (Å²) in [4.78, 5) is 7.69. The SMILES string of the molecule is COc1cccc2c1nc1[nH]c(CN)c(Br)n12. The lowest BCUT2D eigenvalue weighted by Crippen LogP contribution is -1.97. The number of aromatic nitrogens is 3. The van der Waals surface area contributed by atoms with E-state index in [9.17, 15) is 0 Å². The van der Waals surface area contributed by atoms with Crippen LogP contribution >= 0.6 is 15.9 Å². The molecule has 0 aliphatic rings. The van der Waals surface area contributed by atoms with E-state index in [2.05, 4.69) is 25.9 Å². The molecule has 3 rings (SSSR count). The summed E-state index contributed by atoms with van der Waals surface area (Å²) in [6.07, 6.45) is 0. The molecule has 3 N–H and O–H groups in total. The van der Waals surface area contributed by atoms with Crippen LogP contribution in [0.25, 0.3) is 16.8 Å². The second kappa shape index (κ2) is 3.75. The number of hydrogen-bond donors (Lipinski definition) is 2. The van der Waals surface area contributed by atoms with Gasteiger partial charge in [0.1, 0.15) is 15.9 Å². The zero-order chi connectivity index (χ0) is 12.0. The number of hydrogen-bond acceptors (Lipinski definition) is 3. The zero-order valence-corrected chi connectivity index (χ0v) is 10.8. The van der Waals surface area contributed by atoms with Crippen molar-refractivity contribution in [3.63, 3.8) is 0 Å². The minimum Gasteiger partial charge on any atom is -0.494 e. The quantitative estimate of drug-likeness (QED) is 0.760.